The molecule has 0 amide bonds. The number of rotatable bonds is 9. The number of benzene rings is 2. The second-order valence-corrected chi connectivity index (χ2v) is 8.88. The van der Waals surface area contributed by atoms with Crippen molar-refractivity contribution in [3.8, 4) is 11.5 Å². The summed E-state index contributed by atoms with van der Waals surface area (Å²) in [5.74, 6) is 1.01. The van der Waals surface area contributed by atoms with Crippen molar-refractivity contribution in [2.75, 3.05) is 13.2 Å². The van der Waals surface area contributed by atoms with Gasteiger partial charge in [-0.3, -0.25) is 4.57 Å². The Bertz CT molecular complexity index is 954. The van der Waals surface area contributed by atoms with Crippen molar-refractivity contribution in [3.63, 3.8) is 0 Å². The van der Waals surface area contributed by atoms with Crippen LogP contribution in [0.15, 0.2) is 46.9 Å². The van der Waals surface area contributed by atoms with Gasteiger partial charge in [0.25, 0.3) is 0 Å². The van der Waals surface area contributed by atoms with Crippen LogP contribution in [0.5, 0.6) is 0 Å². The number of nitrogens with zero attached hydrogens (tertiary/aromatic N) is 1. The molecule has 3 rings (SSSR count). The molecule has 0 fully saturated rings. The summed E-state index contributed by atoms with van der Waals surface area (Å²) < 4.78 is 29.6. The summed E-state index contributed by atoms with van der Waals surface area (Å²) in [4.78, 5) is 4.65. The summed E-state index contributed by atoms with van der Waals surface area (Å²) in [6.45, 7) is 8.71. The van der Waals surface area contributed by atoms with Crippen LogP contribution in [0.25, 0.3) is 22.6 Å². The van der Waals surface area contributed by atoms with Crippen molar-refractivity contribution in [1.29, 1.82) is 0 Å². The van der Waals surface area contributed by atoms with E-state index >= 15 is 0 Å². The molecule has 0 aliphatic rings. The molecule has 1 heterocycles. The van der Waals surface area contributed by atoms with E-state index in [1.165, 1.54) is 5.56 Å². The minimum Gasteiger partial charge on any atom is -0.436 e. The summed E-state index contributed by atoms with van der Waals surface area (Å²) in [6.07, 6.45) is 1.30. The molecule has 0 saturated heterocycles. The third-order valence-electron chi connectivity index (χ3n) is 4.82. The largest absolute Gasteiger partial charge is 0.436 e. The Hall–Kier alpha value is -1.94. The van der Waals surface area contributed by atoms with Crippen LogP contribution in [-0.4, -0.2) is 18.2 Å². The Kier molecular flexibility index (Phi) is 6.71. The van der Waals surface area contributed by atoms with Crippen LogP contribution in [0.3, 0.4) is 0 Å². The SMILES string of the molecule is CCOP(=O)(Cc1ccc(-c2nc3cccc(C(C)CC)c3o2)cc1)OCC. The summed E-state index contributed by atoms with van der Waals surface area (Å²) in [5.41, 5.74) is 4.69. The topological polar surface area (TPSA) is 61.6 Å². The molecule has 0 spiro atoms. The molecule has 0 saturated carbocycles. The molecule has 0 radical (unpaired) electrons. The monoisotopic (exact) mass is 401 g/mol. The molecule has 0 N–H and O–H groups in total. The average Bonchev–Trinajstić information content (AvgIpc) is 3.12. The number of fused-ring (bicyclic) bond motifs is 1. The van der Waals surface area contributed by atoms with Crippen LogP contribution < -0.4 is 0 Å². The first-order valence-electron chi connectivity index (χ1n) is 9.86. The number of oxazole rings is 1. The van der Waals surface area contributed by atoms with Crippen LogP contribution >= 0.6 is 7.60 Å². The lowest BCUT2D eigenvalue weighted by Crippen LogP contribution is -1.99. The Morgan fingerprint density at radius 3 is 2.32 bits per heavy atom. The lowest BCUT2D eigenvalue weighted by Gasteiger charge is -2.16. The fraction of sp³-hybridized carbons (Fsp3) is 0.409. The molecule has 0 aliphatic carbocycles. The summed E-state index contributed by atoms with van der Waals surface area (Å²) in [6, 6.07) is 13.8. The smallest absolute Gasteiger partial charge is 0.335 e. The second kappa shape index (κ2) is 9.04. The van der Waals surface area contributed by atoms with Gasteiger partial charge in [0.2, 0.25) is 5.89 Å². The number of hydrogen-bond donors (Lipinski definition) is 0. The van der Waals surface area contributed by atoms with Gasteiger partial charge in [0.05, 0.1) is 19.4 Å². The highest BCUT2D eigenvalue weighted by Crippen LogP contribution is 2.51. The van der Waals surface area contributed by atoms with Crippen LogP contribution in [0.2, 0.25) is 0 Å². The first-order chi connectivity index (χ1) is 13.5. The van der Waals surface area contributed by atoms with E-state index in [2.05, 4.69) is 24.9 Å². The maximum absolute atomic E-state index is 12.7. The first kappa shape index (κ1) is 20.8. The number of aromatic nitrogens is 1. The zero-order valence-corrected chi connectivity index (χ0v) is 17.9. The van der Waals surface area contributed by atoms with E-state index in [9.17, 15) is 4.57 Å². The molecule has 3 aromatic rings. The Balaban J connectivity index is 1.86. The minimum absolute atomic E-state index is 0.251. The number of hydrogen-bond acceptors (Lipinski definition) is 5. The van der Waals surface area contributed by atoms with E-state index in [-0.39, 0.29) is 6.16 Å². The highest BCUT2D eigenvalue weighted by molar-refractivity contribution is 7.53. The van der Waals surface area contributed by atoms with Gasteiger partial charge in [-0.2, -0.15) is 0 Å². The van der Waals surface area contributed by atoms with Crippen LogP contribution in [-0.2, 0) is 19.8 Å². The molecule has 6 heteroatoms. The standard InChI is InChI=1S/C22H28NO4P/c1-5-16(4)19-9-8-10-20-21(19)27-22(23-20)18-13-11-17(12-14-18)15-28(24,25-6-2)26-7-3/h8-14,16H,5-7,15H2,1-4H3. The fourth-order valence-corrected chi connectivity index (χ4v) is 4.90. The predicted octanol–water partition coefficient (Wildman–Crippen LogP) is 6.77. The molecule has 28 heavy (non-hydrogen) atoms. The molecule has 0 aliphatic heterocycles. The Morgan fingerprint density at radius 2 is 1.71 bits per heavy atom. The van der Waals surface area contributed by atoms with Gasteiger partial charge < -0.3 is 13.5 Å². The van der Waals surface area contributed by atoms with Crippen LogP contribution in [0.1, 0.15) is 51.2 Å². The lowest BCUT2D eigenvalue weighted by atomic mass is 9.98. The van der Waals surface area contributed by atoms with Gasteiger partial charge in [-0.1, -0.05) is 38.1 Å². The first-order valence-corrected chi connectivity index (χ1v) is 11.6. The molecule has 1 unspecified atom stereocenters. The Morgan fingerprint density at radius 1 is 1.04 bits per heavy atom. The maximum atomic E-state index is 12.7. The highest BCUT2D eigenvalue weighted by Gasteiger charge is 2.24. The van der Waals surface area contributed by atoms with Gasteiger partial charge in [0.1, 0.15) is 5.52 Å². The molecular formula is C22H28NO4P. The third-order valence-corrected chi connectivity index (χ3v) is 6.87. The zero-order valence-electron chi connectivity index (χ0n) is 17.0. The summed E-state index contributed by atoms with van der Waals surface area (Å²) >= 11 is 0. The van der Waals surface area contributed by atoms with Crippen molar-refractivity contribution < 1.29 is 18.0 Å². The van der Waals surface area contributed by atoms with E-state index in [4.69, 9.17) is 13.5 Å². The molecule has 0 bridgehead atoms. The van der Waals surface area contributed by atoms with E-state index < -0.39 is 7.60 Å². The van der Waals surface area contributed by atoms with Crippen LogP contribution in [0, 0.1) is 0 Å². The molecule has 1 atom stereocenters. The van der Waals surface area contributed by atoms with Gasteiger partial charge in [0.15, 0.2) is 5.58 Å². The Labute approximate surface area is 166 Å². The lowest BCUT2D eigenvalue weighted by molar-refractivity contribution is 0.219. The normalized spacial score (nSPS) is 13.1. The summed E-state index contributed by atoms with van der Waals surface area (Å²) in [7, 11) is -3.11. The highest BCUT2D eigenvalue weighted by atomic mass is 31.2. The zero-order chi connectivity index (χ0) is 20.1. The van der Waals surface area contributed by atoms with Gasteiger partial charge in [-0.05, 0) is 55.5 Å². The molecule has 2 aromatic carbocycles. The second-order valence-electron chi connectivity index (χ2n) is 6.83. The van der Waals surface area contributed by atoms with Gasteiger partial charge in [-0.25, -0.2) is 4.98 Å². The van der Waals surface area contributed by atoms with E-state index in [0.717, 1.165) is 28.6 Å². The fourth-order valence-electron chi connectivity index (χ4n) is 3.20. The van der Waals surface area contributed by atoms with Gasteiger partial charge >= 0.3 is 7.60 Å². The quantitative estimate of drug-likeness (QED) is 0.370. The van der Waals surface area contributed by atoms with Crippen molar-refractivity contribution >= 4 is 18.7 Å². The summed E-state index contributed by atoms with van der Waals surface area (Å²) in [5, 5.41) is 0. The average molecular weight is 401 g/mol. The van der Waals surface area contributed by atoms with Crippen molar-refractivity contribution in [2.45, 2.75) is 46.2 Å². The van der Waals surface area contributed by atoms with E-state index in [1.807, 2.05) is 50.2 Å². The third kappa shape index (κ3) is 4.54. The van der Waals surface area contributed by atoms with E-state index in [0.29, 0.717) is 25.0 Å². The van der Waals surface area contributed by atoms with Crippen LogP contribution in [0.4, 0.5) is 0 Å². The molecule has 5 nitrogen and oxygen atoms in total. The van der Waals surface area contributed by atoms with E-state index in [1.54, 1.807) is 0 Å². The van der Waals surface area contributed by atoms with Gasteiger partial charge in [0, 0.05) is 5.56 Å². The number of para-hydroxylation sites is 1. The minimum atomic E-state index is -3.11. The molecular weight excluding hydrogens is 373 g/mol. The predicted molar refractivity (Wildman–Crippen MR) is 113 cm³/mol. The van der Waals surface area contributed by atoms with Crippen molar-refractivity contribution in [1.82, 2.24) is 4.98 Å². The van der Waals surface area contributed by atoms with Crippen molar-refractivity contribution in [2.24, 2.45) is 0 Å². The van der Waals surface area contributed by atoms with Gasteiger partial charge in [-0.15, -0.1) is 0 Å². The van der Waals surface area contributed by atoms with Crippen molar-refractivity contribution in [3.05, 3.63) is 53.6 Å². The molecule has 150 valence electrons. The molecule has 1 aromatic heterocycles. The maximum Gasteiger partial charge on any atom is 0.335 e.